The van der Waals surface area contributed by atoms with Crippen molar-refractivity contribution in [1.29, 1.82) is 0 Å². The Balaban J connectivity index is 3.58. The van der Waals surface area contributed by atoms with E-state index in [4.69, 9.17) is 2.85 Å². The van der Waals surface area contributed by atoms with E-state index in [1.165, 1.54) is 0 Å². The van der Waals surface area contributed by atoms with E-state index in [9.17, 15) is 0 Å². The van der Waals surface area contributed by atoms with Crippen molar-refractivity contribution in [2.45, 2.75) is 36.2 Å². The SMILES string of the molecule is CCN(CC)CC(C)[O][In]([CH3])[CH3]. The van der Waals surface area contributed by atoms with E-state index in [-0.39, 0.29) is 0 Å². The van der Waals surface area contributed by atoms with Gasteiger partial charge < -0.3 is 0 Å². The minimum atomic E-state index is -1.44. The fourth-order valence-electron chi connectivity index (χ4n) is 1.35. The molecule has 0 radical (unpaired) electrons. The summed E-state index contributed by atoms with van der Waals surface area (Å²) >= 11 is -1.44. The second kappa shape index (κ2) is 7.22. The van der Waals surface area contributed by atoms with Crippen LogP contribution in [0.1, 0.15) is 20.8 Å². The first kappa shape index (κ1) is 12.8. The molecule has 0 aromatic rings. The van der Waals surface area contributed by atoms with Crippen molar-refractivity contribution < 1.29 is 2.85 Å². The molecule has 0 aromatic carbocycles. The van der Waals surface area contributed by atoms with Crippen molar-refractivity contribution in [2.75, 3.05) is 19.6 Å². The molecule has 0 aliphatic heterocycles. The average molecular weight is 275 g/mol. The molecule has 0 N–H and O–H groups in total. The molecule has 0 rings (SSSR count). The van der Waals surface area contributed by atoms with Crippen molar-refractivity contribution in [3.05, 3.63) is 0 Å². The Hall–Kier alpha value is 0.790. The predicted octanol–water partition coefficient (Wildman–Crippen LogP) is 1.98. The van der Waals surface area contributed by atoms with Gasteiger partial charge in [-0.1, -0.05) is 0 Å². The summed E-state index contributed by atoms with van der Waals surface area (Å²) < 4.78 is 10.4. The summed E-state index contributed by atoms with van der Waals surface area (Å²) in [4.78, 5) is 2.42. The molecule has 0 amide bonds. The molecule has 0 bridgehead atoms. The van der Waals surface area contributed by atoms with Crippen LogP contribution in [0.2, 0.25) is 9.36 Å². The van der Waals surface area contributed by atoms with E-state index in [0.717, 1.165) is 19.6 Å². The summed E-state index contributed by atoms with van der Waals surface area (Å²) in [5.74, 6) is 0. The molecule has 2 nitrogen and oxygen atoms in total. The average Bonchev–Trinajstić information content (AvgIpc) is 1.98. The van der Waals surface area contributed by atoms with Gasteiger partial charge in [0.1, 0.15) is 0 Å². The van der Waals surface area contributed by atoms with Gasteiger partial charge in [-0.05, 0) is 0 Å². The van der Waals surface area contributed by atoms with Crippen LogP contribution >= 0.6 is 0 Å². The normalized spacial score (nSPS) is 13.5. The predicted molar refractivity (Wildman–Crippen MR) is 55.8 cm³/mol. The number of hydrogen-bond acceptors (Lipinski definition) is 2. The first-order chi connectivity index (χ1) is 5.60. The summed E-state index contributed by atoms with van der Waals surface area (Å²) in [6.07, 6.45) is 0.445. The van der Waals surface area contributed by atoms with Crippen LogP contribution in [-0.4, -0.2) is 52.5 Å². The third kappa shape index (κ3) is 6.32. The minimum absolute atomic E-state index is 0.445. The second-order valence-electron chi connectivity index (χ2n) is 3.48. The van der Waals surface area contributed by atoms with Crippen LogP contribution in [0.4, 0.5) is 0 Å². The Morgan fingerprint density at radius 3 is 2.08 bits per heavy atom. The number of likely N-dealkylation sites (N-methyl/N-ethyl adjacent to an activating group) is 1. The topological polar surface area (TPSA) is 12.5 Å². The summed E-state index contributed by atoms with van der Waals surface area (Å²) in [6.45, 7) is 9.97. The van der Waals surface area contributed by atoms with Crippen molar-refractivity contribution in [1.82, 2.24) is 4.90 Å². The van der Waals surface area contributed by atoms with Gasteiger partial charge in [-0.2, -0.15) is 0 Å². The Kier molecular flexibility index (Phi) is 7.69. The molecular weight excluding hydrogens is 253 g/mol. The zero-order valence-electron chi connectivity index (χ0n) is 9.13. The van der Waals surface area contributed by atoms with Crippen LogP contribution < -0.4 is 0 Å². The monoisotopic (exact) mass is 275 g/mol. The third-order valence-corrected chi connectivity index (χ3v) is 4.79. The Morgan fingerprint density at radius 1 is 1.25 bits per heavy atom. The molecule has 0 aliphatic rings. The molecule has 0 heterocycles. The summed E-state index contributed by atoms with van der Waals surface area (Å²) in [7, 11) is 0. The van der Waals surface area contributed by atoms with E-state index in [1.54, 1.807) is 0 Å². The Labute approximate surface area is 85.4 Å². The van der Waals surface area contributed by atoms with Crippen LogP contribution in [0.3, 0.4) is 0 Å². The van der Waals surface area contributed by atoms with Gasteiger partial charge in [0.2, 0.25) is 0 Å². The molecule has 0 saturated heterocycles. The molecule has 1 atom stereocenters. The van der Waals surface area contributed by atoms with E-state index in [0.29, 0.717) is 6.10 Å². The van der Waals surface area contributed by atoms with E-state index >= 15 is 0 Å². The van der Waals surface area contributed by atoms with E-state index in [2.05, 4.69) is 35.0 Å². The molecule has 3 heteroatoms. The van der Waals surface area contributed by atoms with Gasteiger partial charge in [0.25, 0.3) is 0 Å². The molecular formula is C9H22InNO. The van der Waals surface area contributed by atoms with Gasteiger partial charge in [-0.25, -0.2) is 0 Å². The summed E-state index contributed by atoms with van der Waals surface area (Å²) in [5.41, 5.74) is 0. The summed E-state index contributed by atoms with van der Waals surface area (Å²) in [5, 5.41) is 0. The Bertz CT molecular complexity index is 105. The molecule has 1 unspecified atom stereocenters. The molecule has 0 fully saturated rings. The summed E-state index contributed by atoms with van der Waals surface area (Å²) in [6, 6.07) is 0. The standard InChI is InChI=1S/C7H16NO.2CH3.In/c1-4-8(5-2)6-7(3)9;;;/h7H,4-6H2,1-3H3;2*1H3;/q-1;;;+1. The molecule has 0 saturated carbocycles. The van der Waals surface area contributed by atoms with Crippen molar-refractivity contribution in [2.24, 2.45) is 0 Å². The maximum atomic E-state index is 5.85. The number of rotatable bonds is 6. The van der Waals surface area contributed by atoms with E-state index < -0.39 is 21.9 Å². The van der Waals surface area contributed by atoms with Gasteiger partial charge in [0.05, 0.1) is 0 Å². The van der Waals surface area contributed by atoms with Gasteiger partial charge in [0, 0.05) is 0 Å². The molecule has 0 spiro atoms. The van der Waals surface area contributed by atoms with Crippen LogP contribution in [-0.2, 0) is 2.85 Å². The van der Waals surface area contributed by atoms with Gasteiger partial charge in [-0.3, -0.25) is 0 Å². The fraction of sp³-hybridized carbons (Fsp3) is 1.00. The van der Waals surface area contributed by atoms with Crippen molar-refractivity contribution in [3.63, 3.8) is 0 Å². The zero-order chi connectivity index (χ0) is 9.56. The van der Waals surface area contributed by atoms with Crippen LogP contribution in [0.25, 0.3) is 0 Å². The van der Waals surface area contributed by atoms with Gasteiger partial charge in [0.15, 0.2) is 0 Å². The second-order valence-corrected chi connectivity index (χ2v) is 10.2. The first-order valence-electron chi connectivity index (χ1n) is 4.97. The molecule has 0 aliphatic carbocycles. The molecule has 72 valence electrons. The van der Waals surface area contributed by atoms with Crippen LogP contribution in [0.15, 0.2) is 0 Å². The molecule has 0 aromatic heterocycles. The first-order valence-corrected chi connectivity index (χ1v) is 12.9. The van der Waals surface area contributed by atoms with Gasteiger partial charge in [-0.15, -0.1) is 0 Å². The van der Waals surface area contributed by atoms with Crippen LogP contribution in [0.5, 0.6) is 0 Å². The number of hydrogen-bond donors (Lipinski definition) is 0. The number of nitrogens with zero attached hydrogens (tertiary/aromatic N) is 1. The van der Waals surface area contributed by atoms with Crippen LogP contribution in [0, 0.1) is 0 Å². The quantitative estimate of drug-likeness (QED) is 0.735. The zero-order valence-corrected chi connectivity index (χ0v) is 12.4. The third-order valence-electron chi connectivity index (χ3n) is 1.91. The van der Waals surface area contributed by atoms with Crippen molar-refractivity contribution in [3.8, 4) is 0 Å². The fourth-order valence-corrected chi connectivity index (χ4v) is 4.25. The maximum absolute atomic E-state index is 5.85. The Morgan fingerprint density at radius 2 is 1.75 bits per heavy atom. The van der Waals surface area contributed by atoms with Crippen molar-refractivity contribution >= 4 is 21.9 Å². The molecule has 12 heavy (non-hydrogen) atoms. The van der Waals surface area contributed by atoms with E-state index in [1.807, 2.05) is 0 Å². The van der Waals surface area contributed by atoms with Gasteiger partial charge >= 0.3 is 85.5 Å².